The van der Waals surface area contributed by atoms with Gasteiger partial charge in [0.2, 0.25) is 11.8 Å². The molecule has 1 saturated heterocycles. The number of pyridine rings is 1. The van der Waals surface area contributed by atoms with Crippen LogP contribution in [0.15, 0.2) is 16.7 Å². The van der Waals surface area contributed by atoms with Gasteiger partial charge in [0, 0.05) is 17.2 Å². The number of carbonyl (C=O) groups is 3. The molecule has 1 aromatic rings. The summed E-state index contributed by atoms with van der Waals surface area (Å²) in [5, 5.41) is 5.23. The second-order valence-corrected chi connectivity index (χ2v) is 5.52. The summed E-state index contributed by atoms with van der Waals surface area (Å²) < 4.78 is 0.653. The van der Waals surface area contributed by atoms with Crippen molar-refractivity contribution in [3.8, 4) is 0 Å². The number of halogens is 1. The fraction of sp³-hybridized carbons (Fsp3) is 0.385. The maximum Gasteiger partial charge on any atom is 0.258 e. The van der Waals surface area contributed by atoms with Crippen LogP contribution in [0.3, 0.4) is 0 Å². The van der Waals surface area contributed by atoms with Gasteiger partial charge >= 0.3 is 0 Å². The van der Waals surface area contributed by atoms with Crippen molar-refractivity contribution in [3.05, 3.63) is 22.3 Å². The molecular formula is C13H15BrN4O3. The van der Waals surface area contributed by atoms with Crippen LogP contribution < -0.4 is 10.6 Å². The van der Waals surface area contributed by atoms with E-state index in [0.29, 0.717) is 22.4 Å². The van der Waals surface area contributed by atoms with Crippen LogP contribution in [0, 0.1) is 0 Å². The zero-order valence-electron chi connectivity index (χ0n) is 11.5. The Morgan fingerprint density at radius 1 is 1.43 bits per heavy atom. The summed E-state index contributed by atoms with van der Waals surface area (Å²) in [5.41, 5.74) is 0.334. The van der Waals surface area contributed by atoms with Crippen LogP contribution in [0.1, 0.15) is 23.7 Å². The van der Waals surface area contributed by atoms with Crippen molar-refractivity contribution in [1.82, 2.24) is 15.2 Å². The number of anilines is 1. The molecule has 112 valence electrons. The fourth-order valence-corrected chi connectivity index (χ4v) is 2.27. The van der Waals surface area contributed by atoms with Crippen molar-refractivity contribution >= 4 is 39.5 Å². The highest BCUT2D eigenvalue weighted by Gasteiger charge is 2.28. The molecule has 7 nitrogen and oxygen atoms in total. The summed E-state index contributed by atoms with van der Waals surface area (Å²) in [6, 6.07) is 1.63. The lowest BCUT2D eigenvalue weighted by Crippen LogP contribution is -2.53. The summed E-state index contributed by atoms with van der Waals surface area (Å²) >= 11 is 3.27. The van der Waals surface area contributed by atoms with Gasteiger partial charge in [-0.3, -0.25) is 19.7 Å². The Kier molecular flexibility index (Phi) is 4.89. The average Bonchev–Trinajstić information content (AvgIpc) is 2.44. The molecule has 2 heterocycles. The lowest BCUT2D eigenvalue weighted by molar-refractivity contribution is -0.135. The molecule has 1 aliphatic heterocycles. The van der Waals surface area contributed by atoms with Gasteiger partial charge in [0.15, 0.2) is 0 Å². The Labute approximate surface area is 130 Å². The van der Waals surface area contributed by atoms with Gasteiger partial charge in [-0.15, -0.1) is 0 Å². The van der Waals surface area contributed by atoms with Gasteiger partial charge in [-0.25, -0.2) is 4.98 Å². The van der Waals surface area contributed by atoms with Crippen LogP contribution in [-0.4, -0.2) is 47.2 Å². The number of piperazine rings is 1. The van der Waals surface area contributed by atoms with E-state index in [2.05, 4.69) is 31.5 Å². The van der Waals surface area contributed by atoms with E-state index in [9.17, 15) is 14.4 Å². The molecule has 0 unspecified atom stereocenters. The Hall–Kier alpha value is -1.96. The highest BCUT2D eigenvalue weighted by atomic mass is 79.9. The maximum absolute atomic E-state index is 12.5. The predicted octanol–water partition coefficient (Wildman–Crippen LogP) is 0.765. The van der Waals surface area contributed by atoms with E-state index >= 15 is 0 Å². The Bertz CT molecular complexity index is 575. The first-order valence-electron chi connectivity index (χ1n) is 6.52. The zero-order valence-corrected chi connectivity index (χ0v) is 13.1. The number of aromatic nitrogens is 1. The Morgan fingerprint density at radius 2 is 2.10 bits per heavy atom. The molecule has 0 spiro atoms. The van der Waals surface area contributed by atoms with Gasteiger partial charge in [0.1, 0.15) is 18.9 Å². The number of hydrogen-bond acceptors (Lipinski definition) is 5. The fourth-order valence-electron chi connectivity index (χ4n) is 1.94. The van der Waals surface area contributed by atoms with Crippen molar-refractivity contribution in [2.24, 2.45) is 0 Å². The molecule has 0 aromatic carbocycles. The van der Waals surface area contributed by atoms with Gasteiger partial charge in [-0.05, 0) is 28.4 Å². The van der Waals surface area contributed by atoms with E-state index in [4.69, 9.17) is 0 Å². The highest BCUT2D eigenvalue weighted by Crippen LogP contribution is 2.20. The third kappa shape index (κ3) is 3.78. The molecule has 0 radical (unpaired) electrons. The summed E-state index contributed by atoms with van der Waals surface area (Å²) in [5.74, 6) is -0.912. The molecule has 0 saturated carbocycles. The van der Waals surface area contributed by atoms with Crippen LogP contribution in [0.2, 0.25) is 0 Å². The van der Waals surface area contributed by atoms with E-state index in [1.165, 1.54) is 4.90 Å². The second-order valence-electron chi connectivity index (χ2n) is 4.61. The summed E-state index contributed by atoms with van der Waals surface area (Å²) in [6.45, 7) is 2.41. The first kappa shape index (κ1) is 15.4. The molecule has 1 fully saturated rings. The van der Waals surface area contributed by atoms with Crippen molar-refractivity contribution in [3.63, 3.8) is 0 Å². The number of rotatable bonds is 4. The molecule has 1 aliphatic rings. The Morgan fingerprint density at radius 3 is 2.71 bits per heavy atom. The minimum Gasteiger partial charge on any atom is -0.369 e. The van der Waals surface area contributed by atoms with Gasteiger partial charge in [-0.2, -0.15) is 0 Å². The lowest BCUT2D eigenvalue weighted by Gasteiger charge is -2.26. The number of amides is 3. The standard InChI is InChI=1S/C13H15BrN4O3/c1-2-3-15-12-9(4-8(14)5-16-12)13(21)18-6-10(19)17-11(20)7-18/h4-5H,2-3,6-7H2,1H3,(H,15,16)(H,17,19,20). The predicted molar refractivity (Wildman–Crippen MR) is 79.8 cm³/mol. The van der Waals surface area contributed by atoms with Crippen molar-refractivity contribution in [1.29, 1.82) is 0 Å². The van der Waals surface area contributed by atoms with E-state index in [1.54, 1.807) is 12.3 Å². The SMILES string of the molecule is CCCNc1ncc(Br)cc1C(=O)N1CC(=O)NC(=O)C1. The topological polar surface area (TPSA) is 91.4 Å². The van der Waals surface area contributed by atoms with Crippen LogP contribution in [0.4, 0.5) is 5.82 Å². The Balaban J connectivity index is 2.26. The molecule has 0 atom stereocenters. The smallest absolute Gasteiger partial charge is 0.258 e. The second kappa shape index (κ2) is 6.66. The molecule has 1 aromatic heterocycles. The van der Waals surface area contributed by atoms with Crippen molar-refractivity contribution in [2.45, 2.75) is 13.3 Å². The van der Waals surface area contributed by atoms with Crippen LogP contribution in [-0.2, 0) is 9.59 Å². The van der Waals surface area contributed by atoms with Crippen molar-refractivity contribution in [2.75, 3.05) is 25.0 Å². The molecule has 8 heteroatoms. The van der Waals surface area contributed by atoms with E-state index < -0.39 is 17.7 Å². The molecule has 2 N–H and O–H groups in total. The number of carbonyl (C=O) groups excluding carboxylic acids is 3. The highest BCUT2D eigenvalue weighted by molar-refractivity contribution is 9.10. The molecule has 2 rings (SSSR count). The van der Waals surface area contributed by atoms with Gasteiger partial charge in [-0.1, -0.05) is 6.92 Å². The lowest BCUT2D eigenvalue weighted by atomic mass is 10.2. The van der Waals surface area contributed by atoms with Gasteiger partial charge in [0.05, 0.1) is 5.56 Å². The van der Waals surface area contributed by atoms with Crippen LogP contribution in [0.5, 0.6) is 0 Å². The minimum atomic E-state index is -0.481. The minimum absolute atomic E-state index is 0.135. The summed E-state index contributed by atoms with van der Waals surface area (Å²) in [7, 11) is 0. The summed E-state index contributed by atoms with van der Waals surface area (Å²) in [6.07, 6.45) is 2.47. The summed E-state index contributed by atoms with van der Waals surface area (Å²) in [4.78, 5) is 40.7. The number of nitrogens with zero attached hydrogens (tertiary/aromatic N) is 2. The molecular weight excluding hydrogens is 340 g/mol. The average molecular weight is 355 g/mol. The number of hydrogen-bond donors (Lipinski definition) is 2. The maximum atomic E-state index is 12.5. The third-order valence-electron chi connectivity index (χ3n) is 2.86. The van der Waals surface area contributed by atoms with Crippen LogP contribution in [0.25, 0.3) is 0 Å². The first-order valence-corrected chi connectivity index (χ1v) is 7.32. The van der Waals surface area contributed by atoms with Crippen molar-refractivity contribution < 1.29 is 14.4 Å². The van der Waals surface area contributed by atoms with Gasteiger partial charge in [0.25, 0.3) is 5.91 Å². The van der Waals surface area contributed by atoms with E-state index in [-0.39, 0.29) is 13.1 Å². The normalized spacial score (nSPS) is 14.9. The molecule has 21 heavy (non-hydrogen) atoms. The third-order valence-corrected chi connectivity index (χ3v) is 3.30. The molecule has 3 amide bonds. The quantitative estimate of drug-likeness (QED) is 0.779. The largest absolute Gasteiger partial charge is 0.369 e. The van der Waals surface area contributed by atoms with Crippen LogP contribution >= 0.6 is 15.9 Å². The zero-order chi connectivity index (χ0) is 15.4. The molecule has 0 aliphatic carbocycles. The first-order chi connectivity index (χ1) is 10.0. The van der Waals surface area contributed by atoms with E-state index in [0.717, 1.165) is 6.42 Å². The van der Waals surface area contributed by atoms with E-state index in [1.807, 2.05) is 6.92 Å². The number of imide groups is 1. The monoisotopic (exact) mass is 354 g/mol. The van der Waals surface area contributed by atoms with Gasteiger partial charge < -0.3 is 10.2 Å². The molecule has 0 bridgehead atoms. The number of nitrogens with one attached hydrogen (secondary N) is 2.